The SMILES string of the molecule is COc1ccc(N2CCN(C(=O)[C@@H]3[C@@H]4CC[C@H](C4)[C@@H]3C(=O)[O-])CC2)cc1. The van der Waals surface area contributed by atoms with Crippen LogP contribution >= 0.6 is 0 Å². The summed E-state index contributed by atoms with van der Waals surface area (Å²) in [5.74, 6) is -0.762. The topological polar surface area (TPSA) is 72.9 Å². The largest absolute Gasteiger partial charge is 0.550 e. The number of methoxy groups -OCH3 is 1. The van der Waals surface area contributed by atoms with Crippen molar-refractivity contribution in [2.24, 2.45) is 23.7 Å². The molecule has 6 nitrogen and oxygen atoms in total. The van der Waals surface area contributed by atoms with Gasteiger partial charge in [0.2, 0.25) is 5.91 Å². The highest BCUT2D eigenvalue weighted by atomic mass is 16.5. The molecule has 0 N–H and O–H groups in total. The minimum Gasteiger partial charge on any atom is -0.550 e. The molecule has 1 amide bonds. The highest BCUT2D eigenvalue weighted by Gasteiger charge is 2.52. The number of aliphatic carboxylic acids is 1. The third-order valence-electron chi connectivity index (χ3n) is 6.50. The number of carboxylic acids is 1. The Labute approximate surface area is 153 Å². The highest BCUT2D eigenvalue weighted by molar-refractivity contribution is 5.86. The molecular formula is C20H25N2O4-. The van der Waals surface area contributed by atoms with Gasteiger partial charge in [0.1, 0.15) is 5.75 Å². The van der Waals surface area contributed by atoms with Crippen LogP contribution in [0.3, 0.4) is 0 Å². The molecule has 3 fully saturated rings. The Morgan fingerprint density at radius 2 is 1.62 bits per heavy atom. The number of ether oxygens (including phenoxy) is 1. The van der Waals surface area contributed by atoms with Gasteiger partial charge in [-0.05, 0) is 55.4 Å². The molecule has 1 saturated heterocycles. The number of piperazine rings is 1. The highest BCUT2D eigenvalue weighted by Crippen LogP contribution is 2.52. The predicted octanol–water partition coefficient (Wildman–Crippen LogP) is 0.756. The van der Waals surface area contributed by atoms with Gasteiger partial charge in [-0.3, -0.25) is 4.79 Å². The molecule has 0 aromatic heterocycles. The van der Waals surface area contributed by atoms with Crippen molar-refractivity contribution in [1.29, 1.82) is 0 Å². The molecule has 3 aliphatic rings. The Bertz CT molecular complexity index is 682. The summed E-state index contributed by atoms with van der Waals surface area (Å²) in [7, 11) is 1.65. The van der Waals surface area contributed by atoms with E-state index in [2.05, 4.69) is 4.90 Å². The molecule has 1 aliphatic heterocycles. The number of hydrogen-bond donors (Lipinski definition) is 0. The zero-order valence-corrected chi connectivity index (χ0v) is 15.1. The second kappa shape index (κ2) is 6.82. The van der Waals surface area contributed by atoms with Crippen LogP contribution in [0.1, 0.15) is 19.3 Å². The third-order valence-corrected chi connectivity index (χ3v) is 6.50. The lowest BCUT2D eigenvalue weighted by Crippen LogP contribution is -2.53. The first-order valence-corrected chi connectivity index (χ1v) is 9.47. The van der Waals surface area contributed by atoms with Crippen molar-refractivity contribution < 1.29 is 19.4 Å². The van der Waals surface area contributed by atoms with Gasteiger partial charge in [-0.2, -0.15) is 0 Å². The first kappa shape index (κ1) is 17.2. The number of carboxylic acid groups (broad SMARTS) is 1. The van der Waals surface area contributed by atoms with Crippen LogP contribution in [0.5, 0.6) is 5.75 Å². The zero-order chi connectivity index (χ0) is 18.3. The molecule has 0 radical (unpaired) electrons. The molecule has 4 atom stereocenters. The third kappa shape index (κ3) is 2.91. The van der Waals surface area contributed by atoms with Gasteiger partial charge in [0.05, 0.1) is 7.11 Å². The summed E-state index contributed by atoms with van der Waals surface area (Å²) in [6.45, 7) is 2.79. The fourth-order valence-electron chi connectivity index (χ4n) is 5.17. The molecule has 2 aliphatic carbocycles. The van der Waals surface area contributed by atoms with Gasteiger partial charge in [-0.15, -0.1) is 0 Å². The summed E-state index contributed by atoms with van der Waals surface area (Å²) < 4.78 is 5.19. The maximum absolute atomic E-state index is 13.0. The van der Waals surface area contributed by atoms with Gasteiger partial charge >= 0.3 is 0 Å². The van der Waals surface area contributed by atoms with Crippen molar-refractivity contribution in [2.45, 2.75) is 19.3 Å². The summed E-state index contributed by atoms with van der Waals surface area (Å²) in [5, 5.41) is 11.6. The minimum atomic E-state index is -1.03. The van der Waals surface area contributed by atoms with Crippen molar-refractivity contribution in [2.75, 3.05) is 38.2 Å². The van der Waals surface area contributed by atoms with E-state index in [1.54, 1.807) is 7.11 Å². The van der Waals surface area contributed by atoms with E-state index in [4.69, 9.17) is 4.74 Å². The predicted molar refractivity (Wildman–Crippen MR) is 94.6 cm³/mol. The number of nitrogens with zero attached hydrogens (tertiary/aromatic N) is 2. The first-order chi connectivity index (χ1) is 12.6. The molecule has 1 aromatic rings. The van der Waals surface area contributed by atoms with Gasteiger partial charge in [0.15, 0.2) is 0 Å². The maximum atomic E-state index is 13.0. The van der Waals surface area contributed by atoms with E-state index in [1.807, 2.05) is 29.2 Å². The number of fused-ring (bicyclic) bond motifs is 2. The van der Waals surface area contributed by atoms with Crippen LogP contribution in [0.15, 0.2) is 24.3 Å². The molecule has 0 unspecified atom stereocenters. The quantitative estimate of drug-likeness (QED) is 0.795. The van der Waals surface area contributed by atoms with E-state index in [0.29, 0.717) is 13.1 Å². The second-order valence-electron chi connectivity index (χ2n) is 7.71. The van der Waals surface area contributed by atoms with Crippen molar-refractivity contribution in [3.63, 3.8) is 0 Å². The van der Waals surface area contributed by atoms with E-state index in [1.165, 1.54) is 0 Å². The number of rotatable bonds is 4. The smallest absolute Gasteiger partial charge is 0.226 e. The fourth-order valence-corrected chi connectivity index (χ4v) is 5.17. The van der Waals surface area contributed by atoms with Crippen molar-refractivity contribution in [1.82, 2.24) is 4.90 Å². The molecule has 1 aromatic carbocycles. The van der Waals surface area contributed by atoms with Crippen LogP contribution in [0.4, 0.5) is 5.69 Å². The van der Waals surface area contributed by atoms with Crippen molar-refractivity contribution in [3.05, 3.63) is 24.3 Å². The maximum Gasteiger partial charge on any atom is 0.226 e. The Morgan fingerprint density at radius 1 is 1.00 bits per heavy atom. The molecule has 140 valence electrons. The summed E-state index contributed by atoms with van der Waals surface area (Å²) >= 11 is 0. The van der Waals surface area contributed by atoms with Crippen LogP contribution < -0.4 is 14.7 Å². The average Bonchev–Trinajstić information content (AvgIpc) is 3.29. The van der Waals surface area contributed by atoms with Crippen LogP contribution in [0.2, 0.25) is 0 Å². The zero-order valence-electron chi connectivity index (χ0n) is 15.1. The van der Waals surface area contributed by atoms with Crippen LogP contribution in [0.25, 0.3) is 0 Å². The summed E-state index contributed by atoms with van der Waals surface area (Å²) in [5.41, 5.74) is 1.12. The number of hydrogen-bond acceptors (Lipinski definition) is 5. The molecule has 6 heteroatoms. The Balaban J connectivity index is 1.39. The molecular weight excluding hydrogens is 332 g/mol. The van der Waals surface area contributed by atoms with E-state index >= 15 is 0 Å². The number of carbonyl (C=O) groups is 2. The Hall–Kier alpha value is -2.24. The molecule has 2 saturated carbocycles. The second-order valence-corrected chi connectivity index (χ2v) is 7.71. The molecule has 0 spiro atoms. The van der Waals surface area contributed by atoms with E-state index in [-0.39, 0.29) is 23.7 Å². The lowest BCUT2D eigenvalue weighted by Gasteiger charge is -2.40. The normalized spacial score (nSPS) is 30.5. The first-order valence-electron chi connectivity index (χ1n) is 9.47. The lowest BCUT2D eigenvalue weighted by molar-refractivity contribution is -0.314. The van der Waals surface area contributed by atoms with Crippen LogP contribution in [-0.2, 0) is 9.59 Å². The number of carbonyl (C=O) groups excluding carboxylic acids is 2. The Morgan fingerprint density at radius 3 is 2.19 bits per heavy atom. The monoisotopic (exact) mass is 357 g/mol. The van der Waals surface area contributed by atoms with Gasteiger partial charge in [-0.25, -0.2) is 0 Å². The fraction of sp³-hybridized carbons (Fsp3) is 0.600. The van der Waals surface area contributed by atoms with Gasteiger partial charge in [0.25, 0.3) is 0 Å². The van der Waals surface area contributed by atoms with Crippen LogP contribution in [-0.4, -0.2) is 50.1 Å². The summed E-state index contributed by atoms with van der Waals surface area (Å²) in [6.07, 6.45) is 2.79. The van der Waals surface area contributed by atoms with Gasteiger partial charge in [0, 0.05) is 49.7 Å². The average molecular weight is 357 g/mol. The van der Waals surface area contributed by atoms with Crippen molar-refractivity contribution in [3.8, 4) is 5.75 Å². The van der Waals surface area contributed by atoms with Gasteiger partial charge in [-0.1, -0.05) is 0 Å². The molecule has 2 bridgehead atoms. The van der Waals surface area contributed by atoms with Crippen molar-refractivity contribution >= 4 is 17.6 Å². The van der Waals surface area contributed by atoms with Crippen LogP contribution in [0, 0.1) is 23.7 Å². The lowest BCUT2D eigenvalue weighted by atomic mass is 9.78. The number of amides is 1. The summed E-state index contributed by atoms with van der Waals surface area (Å²) in [4.78, 5) is 28.7. The minimum absolute atomic E-state index is 0.0285. The Kier molecular flexibility index (Phi) is 4.51. The number of benzene rings is 1. The molecule has 26 heavy (non-hydrogen) atoms. The standard InChI is InChI=1S/C20H26N2O4/c1-26-16-6-4-15(5-7-16)21-8-10-22(11-9-21)19(23)17-13-2-3-14(12-13)18(17)20(24)25/h4-7,13-14,17-18H,2-3,8-12H2,1H3,(H,24,25)/p-1/t13-,14-,17-,18+/m1/s1. The van der Waals surface area contributed by atoms with E-state index < -0.39 is 11.9 Å². The van der Waals surface area contributed by atoms with E-state index in [9.17, 15) is 14.7 Å². The summed E-state index contributed by atoms with van der Waals surface area (Å²) in [6, 6.07) is 7.93. The number of anilines is 1. The van der Waals surface area contributed by atoms with E-state index in [0.717, 1.165) is 43.8 Å². The van der Waals surface area contributed by atoms with Gasteiger partial charge < -0.3 is 24.4 Å². The molecule has 4 rings (SSSR count). The molecule has 1 heterocycles.